The van der Waals surface area contributed by atoms with Gasteiger partial charge in [0.05, 0.1) is 6.61 Å². The summed E-state index contributed by atoms with van der Waals surface area (Å²) < 4.78 is 21.6. The quantitative estimate of drug-likeness (QED) is 0.0391. The van der Waals surface area contributed by atoms with Gasteiger partial charge in [0, 0.05) is 12.8 Å². The van der Waals surface area contributed by atoms with Crippen molar-refractivity contribution in [3.63, 3.8) is 0 Å². The summed E-state index contributed by atoms with van der Waals surface area (Å²) in [6.45, 7) is 3.78. The SMILES string of the molecule is CCCCCCCCCCCCCCCCCC(=O)OCC(COC1OC(C(=O)O)C(O)C(O)C1O)OC(=O)CCCCCCCCCCC. The molecule has 1 saturated heterocycles. The van der Waals surface area contributed by atoms with Crippen LogP contribution in [0.5, 0.6) is 0 Å². The third-order valence-corrected chi connectivity index (χ3v) is 9.46. The van der Waals surface area contributed by atoms with Gasteiger partial charge in [0.25, 0.3) is 0 Å². The van der Waals surface area contributed by atoms with Gasteiger partial charge >= 0.3 is 17.9 Å². The molecule has 6 unspecified atom stereocenters. The molecule has 1 rings (SSSR count). The van der Waals surface area contributed by atoms with E-state index in [-0.39, 0.29) is 26.1 Å². The van der Waals surface area contributed by atoms with Crippen LogP contribution in [0.3, 0.4) is 0 Å². The molecule has 11 heteroatoms. The van der Waals surface area contributed by atoms with Gasteiger partial charge in [-0.2, -0.15) is 0 Å². The summed E-state index contributed by atoms with van der Waals surface area (Å²) in [5.74, 6) is -2.43. The molecule has 1 heterocycles. The van der Waals surface area contributed by atoms with Crippen LogP contribution in [0.2, 0.25) is 0 Å². The average molecular weight is 717 g/mol. The topological polar surface area (TPSA) is 169 Å². The zero-order chi connectivity index (χ0) is 36.8. The second-order valence-electron chi connectivity index (χ2n) is 14.1. The Kier molecular flexibility index (Phi) is 28.5. The molecule has 1 fully saturated rings. The summed E-state index contributed by atoms with van der Waals surface area (Å²) in [7, 11) is 0. The third-order valence-electron chi connectivity index (χ3n) is 9.46. The van der Waals surface area contributed by atoms with Gasteiger partial charge in [-0.3, -0.25) is 9.59 Å². The number of hydrogen-bond acceptors (Lipinski definition) is 10. The Balaban J connectivity index is 2.38. The van der Waals surface area contributed by atoms with E-state index in [1.54, 1.807) is 0 Å². The molecule has 0 spiro atoms. The van der Waals surface area contributed by atoms with Crippen molar-refractivity contribution in [1.82, 2.24) is 0 Å². The lowest BCUT2D eigenvalue weighted by molar-refractivity contribution is -0.298. The maximum atomic E-state index is 12.6. The van der Waals surface area contributed by atoms with Crippen LogP contribution in [-0.4, -0.2) is 88.4 Å². The van der Waals surface area contributed by atoms with Crippen molar-refractivity contribution < 1.29 is 53.8 Å². The lowest BCUT2D eigenvalue weighted by Gasteiger charge is -2.38. The summed E-state index contributed by atoms with van der Waals surface area (Å²) in [6.07, 6.45) is 18.9. The van der Waals surface area contributed by atoms with Gasteiger partial charge in [0.1, 0.15) is 24.9 Å². The van der Waals surface area contributed by atoms with Gasteiger partial charge in [-0.25, -0.2) is 4.79 Å². The summed E-state index contributed by atoms with van der Waals surface area (Å²) in [5.41, 5.74) is 0. The van der Waals surface area contributed by atoms with Crippen LogP contribution in [0.1, 0.15) is 181 Å². The zero-order valence-corrected chi connectivity index (χ0v) is 31.4. The zero-order valence-electron chi connectivity index (χ0n) is 31.4. The highest BCUT2D eigenvalue weighted by Crippen LogP contribution is 2.23. The second kappa shape index (κ2) is 30.8. The predicted molar refractivity (Wildman–Crippen MR) is 192 cm³/mol. The number of hydrogen-bond donors (Lipinski definition) is 4. The van der Waals surface area contributed by atoms with E-state index in [2.05, 4.69) is 13.8 Å². The van der Waals surface area contributed by atoms with Crippen molar-refractivity contribution in [2.75, 3.05) is 13.2 Å². The van der Waals surface area contributed by atoms with Gasteiger partial charge in [-0.15, -0.1) is 0 Å². The van der Waals surface area contributed by atoms with Crippen molar-refractivity contribution in [2.24, 2.45) is 0 Å². The molecule has 0 aromatic rings. The highest BCUT2D eigenvalue weighted by molar-refractivity contribution is 5.73. The molecule has 0 aromatic carbocycles. The Morgan fingerprint density at radius 1 is 0.540 bits per heavy atom. The molecular formula is C39H72O11. The van der Waals surface area contributed by atoms with Crippen LogP contribution in [0.15, 0.2) is 0 Å². The van der Waals surface area contributed by atoms with Crippen molar-refractivity contribution in [3.05, 3.63) is 0 Å². The highest BCUT2D eigenvalue weighted by Gasteiger charge is 2.47. The Labute approximate surface area is 302 Å². The van der Waals surface area contributed by atoms with Gasteiger partial charge in [-0.1, -0.05) is 155 Å². The van der Waals surface area contributed by atoms with Crippen LogP contribution in [0.4, 0.5) is 0 Å². The molecule has 4 N–H and O–H groups in total. The van der Waals surface area contributed by atoms with Crippen LogP contribution < -0.4 is 0 Å². The Hall–Kier alpha value is -1.79. The number of rotatable bonds is 33. The smallest absolute Gasteiger partial charge is 0.335 e. The van der Waals surface area contributed by atoms with E-state index < -0.39 is 54.7 Å². The summed E-state index contributed by atoms with van der Waals surface area (Å²) >= 11 is 0. The Morgan fingerprint density at radius 3 is 1.36 bits per heavy atom. The van der Waals surface area contributed by atoms with E-state index >= 15 is 0 Å². The van der Waals surface area contributed by atoms with Gasteiger partial charge < -0.3 is 39.4 Å². The van der Waals surface area contributed by atoms with Crippen molar-refractivity contribution in [3.8, 4) is 0 Å². The fourth-order valence-corrected chi connectivity index (χ4v) is 6.23. The molecule has 6 atom stereocenters. The number of carbonyl (C=O) groups excluding carboxylic acids is 2. The van der Waals surface area contributed by atoms with Crippen molar-refractivity contribution >= 4 is 17.9 Å². The molecule has 0 radical (unpaired) electrons. The first kappa shape index (κ1) is 46.2. The molecule has 0 amide bonds. The molecule has 0 aliphatic carbocycles. The number of unbranched alkanes of at least 4 members (excludes halogenated alkanes) is 22. The maximum Gasteiger partial charge on any atom is 0.335 e. The van der Waals surface area contributed by atoms with Gasteiger partial charge in [0.2, 0.25) is 0 Å². The van der Waals surface area contributed by atoms with E-state index in [9.17, 15) is 34.8 Å². The molecule has 0 saturated carbocycles. The maximum absolute atomic E-state index is 12.6. The molecule has 0 bridgehead atoms. The number of carbonyl (C=O) groups is 3. The van der Waals surface area contributed by atoms with Gasteiger partial charge in [-0.05, 0) is 12.8 Å². The standard InChI is InChI=1S/C39H72O11/c1-3-5-7-9-11-13-14-15-16-17-18-20-21-23-25-27-32(40)47-29-31(49-33(41)28-26-24-22-19-12-10-8-6-4-2)30-48-39-36(44)34(42)35(43)37(50-39)38(45)46/h31,34-37,39,42-44H,3-30H2,1-2H3,(H,45,46). The number of aliphatic hydroxyl groups excluding tert-OH is 3. The summed E-state index contributed by atoms with van der Waals surface area (Å²) in [5, 5.41) is 39.6. The van der Waals surface area contributed by atoms with Crippen LogP contribution in [-0.2, 0) is 33.3 Å². The minimum Gasteiger partial charge on any atom is -0.479 e. The largest absolute Gasteiger partial charge is 0.479 e. The molecule has 294 valence electrons. The first-order valence-corrected chi connectivity index (χ1v) is 20.1. The molecule has 50 heavy (non-hydrogen) atoms. The Bertz CT molecular complexity index is 854. The first-order valence-electron chi connectivity index (χ1n) is 20.1. The lowest BCUT2D eigenvalue weighted by Crippen LogP contribution is -2.60. The monoisotopic (exact) mass is 717 g/mol. The number of carboxylic acids is 1. The minimum atomic E-state index is -1.85. The minimum absolute atomic E-state index is 0.188. The number of aliphatic hydroxyl groups is 3. The first-order chi connectivity index (χ1) is 24.2. The normalized spacial score (nSPS) is 21.2. The average Bonchev–Trinajstić information content (AvgIpc) is 3.09. The summed E-state index contributed by atoms with van der Waals surface area (Å²) in [4.78, 5) is 36.6. The molecular weight excluding hydrogens is 644 g/mol. The van der Waals surface area contributed by atoms with E-state index in [0.717, 1.165) is 38.5 Å². The molecule has 11 nitrogen and oxygen atoms in total. The number of esters is 2. The van der Waals surface area contributed by atoms with E-state index in [1.165, 1.54) is 103 Å². The second-order valence-corrected chi connectivity index (χ2v) is 14.1. The third kappa shape index (κ3) is 22.9. The van der Waals surface area contributed by atoms with Crippen LogP contribution in [0, 0.1) is 0 Å². The van der Waals surface area contributed by atoms with Crippen molar-refractivity contribution in [2.45, 2.75) is 218 Å². The molecule has 1 aliphatic heterocycles. The van der Waals surface area contributed by atoms with E-state index in [4.69, 9.17) is 18.9 Å². The lowest BCUT2D eigenvalue weighted by atomic mass is 9.99. The summed E-state index contributed by atoms with van der Waals surface area (Å²) in [6, 6.07) is 0. The van der Waals surface area contributed by atoms with Crippen molar-refractivity contribution in [1.29, 1.82) is 0 Å². The fraction of sp³-hybridized carbons (Fsp3) is 0.923. The highest BCUT2D eigenvalue weighted by atomic mass is 16.7. The number of ether oxygens (including phenoxy) is 4. The van der Waals surface area contributed by atoms with Crippen LogP contribution >= 0.6 is 0 Å². The Morgan fingerprint density at radius 2 is 0.940 bits per heavy atom. The predicted octanol–water partition coefficient (Wildman–Crippen LogP) is 7.53. The van der Waals surface area contributed by atoms with Crippen LogP contribution in [0.25, 0.3) is 0 Å². The molecule has 1 aliphatic rings. The number of carboxylic acid groups (broad SMARTS) is 1. The molecule has 0 aromatic heterocycles. The van der Waals surface area contributed by atoms with Gasteiger partial charge in [0.15, 0.2) is 18.5 Å². The fourth-order valence-electron chi connectivity index (χ4n) is 6.23. The van der Waals surface area contributed by atoms with E-state index in [1.807, 2.05) is 0 Å². The number of aliphatic carboxylic acids is 1. The van der Waals surface area contributed by atoms with E-state index in [0.29, 0.717) is 12.8 Å².